The van der Waals surface area contributed by atoms with Crippen molar-refractivity contribution in [2.75, 3.05) is 5.32 Å². The highest BCUT2D eigenvalue weighted by atomic mass is 79.9. The molecule has 130 valence electrons. The molecule has 2 N–H and O–H groups in total. The second kappa shape index (κ2) is 6.72. The van der Waals surface area contributed by atoms with Gasteiger partial charge in [-0.15, -0.1) is 0 Å². The number of halogens is 1. The number of fused-ring (bicyclic) bond motifs is 1. The van der Waals surface area contributed by atoms with Gasteiger partial charge in [-0.25, -0.2) is 15.0 Å². The minimum absolute atomic E-state index is 0.163. The Kier molecular flexibility index (Phi) is 4.43. The summed E-state index contributed by atoms with van der Waals surface area (Å²) in [6.45, 7) is 2.01. The molecule has 7 heteroatoms. The van der Waals surface area contributed by atoms with E-state index in [0.717, 1.165) is 52.8 Å². The number of pyridine rings is 1. The van der Waals surface area contributed by atoms with Crippen molar-refractivity contribution in [3.63, 3.8) is 0 Å². The quantitative estimate of drug-likeness (QED) is 0.701. The predicted octanol–water partition coefficient (Wildman–Crippen LogP) is 3.58. The molecule has 3 aromatic rings. The molecule has 0 radical (unpaired) electrons. The van der Waals surface area contributed by atoms with Crippen LogP contribution in [0.15, 0.2) is 35.2 Å². The first kappa shape index (κ1) is 16.5. The SMILES string of the molecule is Cc1cnc(NC2CCC(O)CC2)nc1-c1cnc2ccc(Br)cn12. The summed E-state index contributed by atoms with van der Waals surface area (Å²) < 4.78 is 3.02. The highest BCUT2D eigenvalue weighted by Gasteiger charge is 2.20. The van der Waals surface area contributed by atoms with Crippen LogP contribution in [0.1, 0.15) is 31.2 Å². The van der Waals surface area contributed by atoms with Crippen molar-refractivity contribution in [1.29, 1.82) is 0 Å². The molecule has 0 saturated heterocycles. The molecule has 1 saturated carbocycles. The first-order valence-electron chi connectivity index (χ1n) is 8.51. The van der Waals surface area contributed by atoms with Gasteiger partial charge in [-0.2, -0.15) is 0 Å². The first-order valence-corrected chi connectivity index (χ1v) is 9.30. The Labute approximate surface area is 154 Å². The number of imidazole rings is 1. The molecule has 3 heterocycles. The largest absolute Gasteiger partial charge is 0.393 e. The molecule has 1 aliphatic carbocycles. The van der Waals surface area contributed by atoms with Crippen LogP contribution in [0.5, 0.6) is 0 Å². The molecule has 0 atom stereocenters. The molecule has 0 aliphatic heterocycles. The molecule has 1 aliphatic rings. The maximum atomic E-state index is 9.65. The number of rotatable bonds is 3. The topological polar surface area (TPSA) is 75.3 Å². The van der Waals surface area contributed by atoms with Gasteiger partial charge in [0, 0.05) is 22.9 Å². The summed E-state index contributed by atoms with van der Waals surface area (Å²) in [5, 5.41) is 13.1. The Bertz CT molecular complexity index is 902. The average Bonchev–Trinajstić information content (AvgIpc) is 3.01. The number of anilines is 1. The van der Waals surface area contributed by atoms with Gasteiger partial charge in [-0.05, 0) is 66.2 Å². The third-order valence-electron chi connectivity index (χ3n) is 4.71. The van der Waals surface area contributed by atoms with E-state index in [-0.39, 0.29) is 6.10 Å². The molecule has 0 amide bonds. The highest BCUT2D eigenvalue weighted by Crippen LogP contribution is 2.26. The summed E-state index contributed by atoms with van der Waals surface area (Å²) in [6.07, 6.45) is 9.07. The van der Waals surface area contributed by atoms with E-state index < -0.39 is 0 Å². The summed E-state index contributed by atoms with van der Waals surface area (Å²) in [4.78, 5) is 13.6. The lowest BCUT2D eigenvalue weighted by atomic mass is 9.93. The van der Waals surface area contributed by atoms with Crippen LogP contribution < -0.4 is 5.32 Å². The molecule has 6 nitrogen and oxygen atoms in total. The second-order valence-corrected chi connectivity index (χ2v) is 7.51. The van der Waals surface area contributed by atoms with Gasteiger partial charge in [-0.1, -0.05) is 0 Å². The summed E-state index contributed by atoms with van der Waals surface area (Å²) in [6, 6.07) is 4.26. The number of aromatic nitrogens is 4. The Hall–Kier alpha value is -1.99. The summed E-state index contributed by atoms with van der Waals surface area (Å²) >= 11 is 3.51. The number of nitrogens with zero attached hydrogens (tertiary/aromatic N) is 4. The van der Waals surface area contributed by atoms with Gasteiger partial charge in [0.05, 0.1) is 23.7 Å². The first-order chi connectivity index (χ1) is 12.1. The van der Waals surface area contributed by atoms with Crippen LogP contribution in [0.4, 0.5) is 5.95 Å². The standard InChI is InChI=1S/C18H20BrN5O/c1-11-8-21-18(22-13-3-5-14(25)6-4-13)23-17(11)15-9-20-16-7-2-12(19)10-24(15)16/h2,7-10,13-14,25H,3-6H2,1H3,(H,21,22,23). The monoisotopic (exact) mass is 401 g/mol. The van der Waals surface area contributed by atoms with Gasteiger partial charge in [0.1, 0.15) is 5.65 Å². The maximum Gasteiger partial charge on any atom is 0.223 e. The normalized spacial score (nSPS) is 20.8. The fraction of sp³-hybridized carbons (Fsp3) is 0.389. The van der Waals surface area contributed by atoms with Crippen molar-refractivity contribution in [2.45, 2.75) is 44.8 Å². The van der Waals surface area contributed by atoms with Crippen molar-refractivity contribution < 1.29 is 5.11 Å². The Morgan fingerprint density at radius 1 is 1.16 bits per heavy atom. The van der Waals surface area contributed by atoms with Gasteiger partial charge in [0.15, 0.2) is 0 Å². The van der Waals surface area contributed by atoms with Gasteiger partial charge in [0.25, 0.3) is 0 Å². The number of nitrogens with one attached hydrogen (secondary N) is 1. The third-order valence-corrected chi connectivity index (χ3v) is 5.18. The molecule has 0 bridgehead atoms. The number of hydrogen-bond donors (Lipinski definition) is 2. The smallest absolute Gasteiger partial charge is 0.223 e. The van der Waals surface area contributed by atoms with Crippen LogP contribution in [0, 0.1) is 6.92 Å². The van der Waals surface area contributed by atoms with Crippen LogP contribution in [0.3, 0.4) is 0 Å². The number of hydrogen-bond acceptors (Lipinski definition) is 5. The van der Waals surface area contributed by atoms with Gasteiger partial charge in [0.2, 0.25) is 5.95 Å². The molecule has 25 heavy (non-hydrogen) atoms. The van der Waals surface area contributed by atoms with Crippen molar-refractivity contribution in [2.24, 2.45) is 0 Å². The lowest BCUT2D eigenvalue weighted by Gasteiger charge is -2.26. The summed E-state index contributed by atoms with van der Waals surface area (Å²) in [5.74, 6) is 0.631. The minimum Gasteiger partial charge on any atom is -0.393 e. The van der Waals surface area contributed by atoms with E-state index in [2.05, 4.69) is 31.2 Å². The van der Waals surface area contributed by atoms with Crippen molar-refractivity contribution in [3.05, 3.63) is 40.8 Å². The van der Waals surface area contributed by atoms with Crippen LogP contribution in [0.25, 0.3) is 17.0 Å². The predicted molar refractivity (Wildman–Crippen MR) is 101 cm³/mol. The average molecular weight is 402 g/mol. The van der Waals surface area contributed by atoms with E-state index in [9.17, 15) is 5.11 Å². The molecular formula is C18H20BrN5O. The maximum absolute atomic E-state index is 9.65. The van der Waals surface area contributed by atoms with E-state index in [1.807, 2.05) is 42.0 Å². The van der Waals surface area contributed by atoms with Crippen LogP contribution in [0.2, 0.25) is 0 Å². The zero-order valence-corrected chi connectivity index (χ0v) is 15.6. The molecule has 0 unspecified atom stereocenters. The van der Waals surface area contributed by atoms with Crippen LogP contribution in [-0.2, 0) is 0 Å². The molecule has 0 spiro atoms. The lowest BCUT2D eigenvalue weighted by molar-refractivity contribution is 0.126. The summed E-state index contributed by atoms with van der Waals surface area (Å²) in [5.41, 5.74) is 3.70. The summed E-state index contributed by atoms with van der Waals surface area (Å²) in [7, 11) is 0. The van der Waals surface area contributed by atoms with E-state index in [4.69, 9.17) is 4.98 Å². The second-order valence-electron chi connectivity index (χ2n) is 6.59. The molecule has 3 aromatic heterocycles. The number of aliphatic hydroxyl groups is 1. The fourth-order valence-electron chi connectivity index (χ4n) is 3.30. The van der Waals surface area contributed by atoms with Gasteiger partial charge < -0.3 is 10.4 Å². The van der Waals surface area contributed by atoms with E-state index in [1.165, 1.54) is 0 Å². The Morgan fingerprint density at radius 3 is 2.76 bits per heavy atom. The van der Waals surface area contributed by atoms with E-state index >= 15 is 0 Å². The van der Waals surface area contributed by atoms with Crippen molar-refractivity contribution in [1.82, 2.24) is 19.4 Å². The van der Waals surface area contributed by atoms with Crippen LogP contribution >= 0.6 is 15.9 Å². The minimum atomic E-state index is -0.163. The van der Waals surface area contributed by atoms with E-state index in [1.54, 1.807) is 0 Å². The zero-order chi connectivity index (χ0) is 17.4. The molecule has 1 fully saturated rings. The molecule has 4 rings (SSSR count). The van der Waals surface area contributed by atoms with Crippen molar-refractivity contribution >= 4 is 27.5 Å². The number of aryl methyl sites for hydroxylation is 1. The Balaban J connectivity index is 1.66. The fourth-order valence-corrected chi connectivity index (χ4v) is 3.64. The van der Waals surface area contributed by atoms with E-state index in [0.29, 0.717) is 12.0 Å². The third kappa shape index (κ3) is 3.39. The highest BCUT2D eigenvalue weighted by molar-refractivity contribution is 9.10. The van der Waals surface area contributed by atoms with Gasteiger partial charge >= 0.3 is 0 Å². The lowest BCUT2D eigenvalue weighted by Crippen LogP contribution is -2.29. The Morgan fingerprint density at radius 2 is 1.96 bits per heavy atom. The number of aliphatic hydroxyl groups excluding tert-OH is 1. The molecule has 0 aromatic carbocycles. The van der Waals surface area contributed by atoms with Crippen LogP contribution in [-0.4, -0.2) is 36.6 Å². The van der Waals surface area contributed by atoms with Crippen molar-refractivity contribution in [3.8, 4) is 11.4 Å². The zero-order valence-electron chi connectivity index (χ0n) is 14.0. The molecular weight excluding hydrogens is 382 g/mol. The van der Waals surface area contributed by atoms with Gasteiger partial charge in [-0.3, -0.25) is 4.40 Å².